The first kappa shape index (κ1) is 14.0. The molecular weight excluding hydrogens is 290 g/mol. The minimum absolute atomic E-state index is 0.115. The lowest BCUT2D eigenvalue weighted by Gasteiger charge is -2.09. The summed E-state index contributed by atoms with van der Waals surface area (Å²) in [5, 5.41) is 0.452. The molecule has 19 heavy (non-hydrogen) atoms. The fourth-order valence-corrected chi connectivity index (χ4v) is 1.78. The molecule has 0 aliphatic heterocycles. The molecule has 0 unspecified atom stereocenters. The average Bonchev–Trinajstić information content (AvgIpc) is 2.32. The first-order chi connectivity index (χ1) is 8.95. The molecule has 0 spiro atoms. The highest BCUT2D eigenvalue weighted by molar-refractivity contribution is 6.32. The highest BCUT2D eigenvalue weighted by Crippen LogP contribution is 2.30. The van der Waals surface area contributed by atoms with Crippen molar-refractivity contribution in [1.29, 1.82) is 0 Å². The minimum Gasteiger partial charge on any atom is -0.437 e. The fourth-order valence-electron chi connectivity index (χ4n) is 1.39. The Bertz CT molecular complexity index is 605. The summed E-state index contributed by atoms with van der Waals surface area (Å²) >= 11 is 11.8. The van der Waals surface area contributed by atoms with Gasteiger partial charge in [-0.2, -0.15) is 4.98 Å². The summed E-state index contributed by atoms with van der Waals surface area (Å²) in [6, 6.07) is 5.34. The van der Waals surface area contributed by atoms with Crippen LogP contribution in [-0.4, -0.2) is 9.97 Å². The third-order valence-corrected chi connectivity index (χ3v) is 2.80. The van der Waals surface area contributed by atoms with E-state index in [0.29, 0.717) is 11.6 Å². The summed E-state index contributed by atoms with van der Waals surface area (Å²) in [7, 11) is 0. The minimum atomic E-state index is -0.430. The summed E-state index contributed by atoms with van der Waals surface area (Å²) in [4.78, 5) is 8.31. The third-order valence-electron chi connectivity index (χ3n) is 2.31. The van der Waals surface area contributed by atoms with Crippen LogP contribution in [0, 0.1) is 5.82 Å². The molecule has 0 fully saturated rings. The normalized spacial score (nSPS) is 10.8. The number of benzene rings is 1. The molecule has 3 nitrogen and oxygen atoms in total. The Kier molecular flexibility index (Phi) is 4.22. The molecule has 0 aliphatic rings. The second-order valence-electron chi connectivity index (χ2n) is 4.22. The van der Waals surface area contributed by atoms with Crippen molar-refractivity contribution in [3.8, 4) is 11.6 Å². The number of hydrogen-bond acceptors (Lipinski definition) is 3. The van der Waals surface area contributed by atoms with Gasteiger partial charge >= 0.3 is 0 Å². The summed E-state index contributed by atoms with van der Waals surface area (Å²) in [5.41, 5.74) is 0. The van der Waals surface area contributed by atoms with Crippen molar-refractivity contribution in [3.05, 3.63) is 46.1 Å². The van der Waals surface area contributed by atoms with Crippen LogP contribution in [0.25, 0.3) is 0 Å². The lowest BCUT2D eigenvalue weighted by atomic mass is 10.2. The van der Waals surface area contributed by atoms with Crippen LogP contribution in [0.5, 0.6) is 11.6 Å². The van der Waals surface area contributed by atoms with E-state index in [0.717, 1.165) is 0 Å². The van der Waals surface area contributed by atoms with Gasteiger partial charge in [0, 0.05) is 12.0 Å². The lowest BCUT2D eigenvalue weighted by molar-refractivity contribution is 0.455. The van der Waals surface area contributed by atoms with E-state index in [9.17, 15) is 4.39 Å². The highest BCUT2D eigenvalue weighted by Gasteiger charge is 2.10. The second-order valence-corrected chi connectivity index (χ2v) is 5.01. The Labute approximate surface area is 120 Å². The van der Waals surface area contributed by atoms with Crippen LogP contribution >= 0.6 is 23.2 Å². The van der Waals surface area contributed by atoms with Gasteiger partial charge in [-0.3, -0.25) is 0 Å². The molecular formula is C13H11Cl2FN2O. The smallest absolute Gasteiger partial charge is 0.224 e. The largest absolute Gasteiger partial charge is 0.437 e. The molecule has 1 heterocycles. The Morgan fingerprint density at radius 1 is 1.16 bits per heavy atom. The maximum absolute atomic E-state index is 12.9. The topological polar surface area (TPSA) is 35.0 Å². The van der Waals surface area contributed by atoms with Crippen LogP contribution in [-0.2, 0) is 0 Å². The molecule has 2 aromatic rings. The molecule has 0 amide bonds. The number of hydrogen-bond donors (Lipinski definition) is 0. The van der Waals surface area contributed by atoms with Crippen molar-refractivity contribution < 1.29 is 9.13 Å². The Morgan fingerprint density at radius 3 is 2.53 bits per heavy atom. The summed E-state index contributed by atoms with van der Waals surface area (Å²) in [6.07, 6.45) is 0. The van der Waals surface area contributed by atoms with E-state index in [1.54, 1.807) is 0 Å². The molecule has 0 atom stereocenters. The predicted molar refractivity (Wildman–Crippen MR) is 72.6 cm³/mol. The van der Waals surface area contributed by atoms with Crippen LogP contribution in [0.1, 0.15) is 25.6 Å². The van der Waals surface area contributed by atoms with Gasteiger partial charge in [0.05, 0.1) is 5.02 Å². The zero-order chi connectivity index (χ0) is 14.0. The molecule has 100 valence electrons. The van der Waals surface area contributed by atoms with Crippen LogP contribution in [0.15, 0.2) is 24.3 Å². The van der Waals surface area contributed by atoms with E-state index in [-0.39, 0.29) is 22.0 Å². The SMILES string of the molecule is CC(C)c1nc(Cl)cc(Oc2ccc(F)cc2Cl)n1. The second kappa shape index (κ2) is 5.72. The predicted octanol–water partition coefficient (Wildman–Crippen LogP) is 4.84. The molecule has 1 aromatic carbocycles. The monoisotopic (exact) mass is 300 g/mol. The van der Waals surface area contributed by atoms with E-state index in [1.165, 1.54) is 24.3 Å². The number of ether oxygens (including phenoxy) is 1. The van der Waals surface area contributed by atoms with Crippen molar-refractivity contribution in [2.45, 2.75) is 19.8 Å². The van der Waals surface area contributed by atoms with Crippen LogP contribution in [0.2, 0.25) is 10.2 Å². The average molecular weight is 301 g/mol. The molecule has 0 saturated carbocycles. The van der Waals surface area contributed by atoms with E-state index < -0.39 is 5.82 Å². The van der Waals surface area contributed by atoms with E-state index in [2.05, 4.69) is 9.97 Å². The van der Waals surface area contributed by atoms with Gasteiger partial charge in [-0.15, -0.1) is 0 Å². The highest BCUT2D eigenvalue weighted by atomic mass is 35.5. The van der Waals surface area contributed by atoms with Gasteiger partial charge in [0.1, 0.15) is 22.5 Å². The molecule has 0 bridgehead atoms. The maximum Gasteiger partial charge on any atom is 0.224 e. The van der Waals surface area contributed by atoms with Gasteiger partial charge in [0.25, 0.3) is 0 Å². The van der Waals surface area contributed by atoms with Gasteiger partial charge in [-0.1, -0.05) is 37.0 Å². The van der Waals surface area contributed by atoms with Gasteiger partial charge in [-0.05, 0) is 18.2 Å². The zero-order valence-electron chi connectivity index (χ0n) is 10.3. The van der Waals surface area contributed by atoms with Crippen molar-refractivity contribution >= 4 is 23.2 Å². The summed E-state index contributed by atoms with van der Waals surface area (Å²) in [5.74, 6) is 0.844. The number of halogens is 3. The molecule has 0 saturated heterocycles. The van der Waals surface area contributed by atoms with Crippen LogP contribution in [0.3, 0.4) is 0 Å². The standard InChI is InChI=1S/C13H11Cl2FN2O/c1-7(2)13-17-11(15)6-12(18-13)19-10-4-3-8(16)5-9(10)14/h3-7H,1-2H3. The van der Waals surface area contributed by atoms with E-state index in [1.807, 2.05) is 13.8 Å². The van der Waals surface area contributed by atoms with Crippen molar-refractivity contribution in [2.24, 2.45) is 0 Å². The molecule has 0 N–H and O–H groups in total. The quantitative estimate of drug-likeness (QED) is 0.761. The first-order valence-electron chi connectivity index (χ1n) is 5.63. The third kappa shape index (κ3) is 3.55. The number of nitrogens with zero attached hydrogens (tertiary/aromatic N) is 2. The molecule has 1 aromatic heterocycles. The van der Waals surface area contributed by atoms with E-state index in [4.69, 9.17) is 27.9 Å². The fraction of sp³-hybridized carbons (Fsp3) is 0.231. The number of aromatic nitrogens is 2. The maximum atomic E-state index is 12.9. The van der Waals surface area contributed by atoms with Gasteiger partial charge in [0.15, 0.2) is 0 Å². The van der Waals surface area contributed by atoms with Crippen molar-refractivity contribution in [1.82, 2.24) is 9.97 Å². The van der Waals surface area contributed by atoms with E-state index >= 15 is 0 Å². The first-order valence-corrected chi connectivity index (χ1v) is 6.38. The van der Waals surface area contributed by atoms with Crippen molar-refractivity contribution in [2.75, 3.05) is 0 Å². The summed E-state index contributed by atoms with van der Waals surface area (Å²) in [6.45, 7) is 3.89. The Hall–Kier alpha value is -1.39. The zero-order valence-corrected chi connectivity index (χ0v) is 11.8. The van der Waals surface area contributed by atoms with Crippen LogP contribution in [0.4, 0.5) is 4.39 Å². The lowest BCUT2D eigenvalue weighted by Crippen LogP contribution is -2.00. The molecule has 0 radical (unpaired) electrons. The Morgan fingerprint density at radius 2 is 1.89 bits per heavy atom. The Balaban J connectivity index is 2.32. The molecule has 0 aliphatic carbocycles. The van der Waals surface area contributed by atoms with Gasteiger partial charge in [-0.25, -0.2) is 9.37 Å². The van der Waals surface area contributed by atoms with Crippen LogP contribution < -0.4 is 4.74 Å². The van der Waals surface area contributed by atoms with Gasteiger partial charge < -0.3 is 4.74 Å². The number of rotatable bonds is 3. The molecule has 6 heteroatoms. The molecule has 2 rings (SSSR count). The van der Waals surface area contributed by atoms with Gasteiger partial charge in [0.2, 0.25) is 5.88 Å². The summed E-state index contributed by atoms with van der Waals surface area (Å²) < 4.78 is 18.4. The van der Waals surface area contributed by atoms with Crippen molar-refractivity contribution in [3.63, 3.8) is 0 Å².